The molecule has 1 saturated heterocycles. The van der Waals surface area contributed by atoms with E-state index in [0.717, 1.165) is 25.9 Å². The van der Waals surface area contributed by atoms with Gasteiger partial charge >= 0.3 is 0 Å². The van der Waals surface area contributed by atoms with Crippen LogP contribution in [0.2, 0.25) is 0 Å². The molecule has 0 radical (unpaired) electrons. The molecule has 1 heterocycles. The van der Waals surface area contributed by atoms with Crippen LogP contribution in [0.5, 0.6) is 0 Å². The molecule has 0 aromatic rings. The summed E-state index contributed by atoms with van der Waals surface area (Å²) in [5.74, 6) is 0.732. The normalized spacial score (nSPS) is 31.8. The van der Waals surface area contributed by atoms with Crippen LogP contribution < -0.4 is 5.32 Å². The fourth-order valence-electron chi connectivity index (χ4n) is 3.31. The van der Waals surface area contributed by atoms with E-state index in [1.54, 1.807) is 0 Å². The minimum Gasteiger partial charge on any atom is -0.337 e. The van der Waals surface area contributed by atoms with E-state index in [4.69, 9.17) is 0 Å². The second kappa shape index (κ2) is 6.55. The van der Waals surface area contributed by atoms with Gasteiger partial charge in [-0.15, -0.1) is 0 Å². The summed E-state index contributed by atoms with van der Waals surface area (Å²) < 4.78 is 0. The second-order valence-electron chi connectivity index (χ2n) is 6.06. The van der Waals surface area contributed by atoms with Crippen LogP contribution in [0.1, 0.15) is 58.8 Å². The summed E-state index contributed by atoms with van der Waals surface area (Å²) in [5.41, 5.74) is 0. The molecule has 1 N–H and O–H groups in total. The molecule has 1 aliphatic carbocycles. The first kappa shape index (κ1) is 13.9. The molecule has 0 bridgehead atoms. The van der Waals surface area contributed by atoms with Crippen LogP contribution in [-0.4, -0.2) is 36.0 Å². The van der Waals surface area contributed by atoms with Gasteiger partial charge in [-0.25, -0.2) is 0 Å². The largest absolute Gasteiger partial charge is 0.337 e. The van der Waals surface area contributed by atoms with Crippen molar-refractivity contribution < 1.29 is 4.79 Å². The number of rotatable bonds is 1. The van der Waals surface area contributed by atoms with Gasteiger partial charge in [0.05, 0.1) is 0 Å². The lowest BCUT2D eigenvalue weighted by atomic mass is 9.89. The lowest BCUT2D eigenvalue weighted by Gasteiger charge is -2.40. The topological polar surface area (TPSA) is 32.3 Å². The van der Waals surface area contributed by atoms with Crippen molar-refractivity contribution in [3.05, 3.63) is 0 Å². The molecule has 2 unspecified atom stereocenters. The van der Waals surface area contributed by atoms with E-state index in [0.29, 0.717) is 23.9 Å². The van der Waals surface area contributed by atoms with Crippen LogP contribution >= 0.6 is 0 Å². The van der Waals surface area contributed by atoms with Gasteiger partial charge in [0.25, 0.3) is 0 Å². The van der Waals surface area contributed by atoms with E-state index in [2.05, 4.69) is 24.1 Å². The number of hydrogen-bond acceptors (Lipinski definition) is 2. The third-order valence-electron chi connectivity index (χ3n) is 4.77. The molecule has 3 heteroatoms. The third-order valence-corrected chi connectivity index (χ3v) is 4.77. The Balaban J connectivity index is 1.95. The number of amides is 1. The van der Waals surface area contributed by atoms with E-state index >= 15 is 0 Å². The van der Waals surface area contributed by atoms with Gasteiger partial charge in [0.1, 0.15) is 0 Å². The Hall–Kier alpha value is -0.570. The average Bonchev–Trinajstić information content (AvgIpc) is 2.31. The van der Waals surface area contributed by atoms with Crippen LogP contribution in [0.4, 0.5) is 0 Å². The number of nitrogens with zero attached hydrogens (tertiary/aromatic N) is 1. The summed E-state index contributed by atoms with van der Waals surface area (Å²) >= 11 is 0. The maximum atomic E-state index is 12.7. The fraction of sp³-hybridized carbons (Fsp3) is 0.933. The van der Waals surface area contributed by atoms with Gasteiger partial charge in [0.2, 0.25) is 5.91 Å². The second-order valence-corrected chi connectivity index (χ2v) is 6.06. The van der Waals surface area contributed by atoms with Gasteiger partial charge in [-0.3, -0.25) is 4.79 Å². The first-order valence-electron chi connectivity index (χ1n) is 7.74. The minimum atomic E-state index is 0.304. The molecule has 0 aromatic heterocycles. The minimum absolute atomic E-state index is 0.304. The van der Waals surface area contributed by atoms with Gasteiger partial charge < -0.3 is 10.2 Å². The monoisotopic (exact) mass is 252 g/mol. The Morgan fingerprint density at radius 1 is 1.06 bits per heavy atom. The highest BCUT2D eigenvalue weighted by Gasteiger charge is 2.32. The molecule has 1 amide bonds. The summed E-state index contributed by atoms with van der Waals surface area (Å²) in [6.07, 6.45) is 8.71. The molecule has 2 aliphatic rings. The van der Waals surface area contributed by atoms with E-state index in [9.17, 15) is 4.79 Å². The molecule has 2 rings (SSSR count). The summed E-state index contributed by atoms with van der Waals surface area (Å²) in [6.45, 7) is 6.20. The number of piperazine rings is 1. The Kier molecular flexibility index (Phi) is 5.04. The standard InChI is InChI=1S/C15H28N2O/c1-12-13(2)17(11-10-16-12)15(18)14-8-6-4-3-5-7-9-14/h12-14,16H,3-11H2,1-2H3. The van der Waals surface area contributed by atoms with E-state index in [1.165, 1.54) is 32.1 Å². The van der Waals surface area contributed by atoms with Crippen LogP contribution in [-0.2, 0) is 4.79 Å². The maximum Gasteiger partial charge on any atom is 0.226 e. The van der Waals surface area contributed by atoms with Crippen LogP contribution in [0, 0.1) is 5.92 Å². The summed E-state index contributed by atoms with van der Waals surface area (Å²) in [4.78, 5) is 14.8. The van der Waals surface area contributed by atoms with Crippen molar-refractivity contribution in [2.24, 2.45) is 5.92 Å². The van der Waals surface area contributed by atoms with E-state index < -0.39 is 0 Å². The molecule has 1 aliphatic heterocycles. The van der Waals surface area contributed by atoms with Crippen LogP contribution in [0.3, 0.4) is 0 Å². The van der Waals surface area contributed by atoms with Gasteiger partial charge in [0, 0.05) is 31.1 Å². The molecule has 2 fully saturated rings. The Morgan fingerprint density at radius 2 is 1.67 bits per heavy atom. The van der Waals surface area contributed by atoms with Crippen LogP contribution in [0.15, 0.2) is 0 Å². The lowest BCUT2D eigenvalue weighted by molar-refractivity contribution is -0.140. The van der Waals surface area contributed by atoms with Crippen molar-refractivity contribution in [2.75, 3.05) is 13.1 Å². The first-order chi connectivity index (χ1) is 8.70. The highest BCUT2D eigenvalue weighted by Crippen LogP contribution is 2.25. The van der Waals surface area contributed by atoms with Crippen molar-refractivity contribution in [1.82, 2.24) is 10.2 Å². The molecule has 2 atom stereocenters. The van der Waals surface area contributed by atoms with Crippen molar-refractivity contribution in [1.29, 1.82) is 0 Å². The number of nitrogens with one attached hydrogen (secondary N) is 1. The van der Waals surface area contributed by atoms with Crippen LogP contribution in [0.25, 0.3) is 0 Å². The Labute approximate surface area is 111 Å². The quantitative estimate of drug-likeness (QED) is 0.778. The molecular formula is C15H28N2O. The average molecular weight is 252 g/mol. The van der Waals surface area contributed by atoms with Gasteiger partial charge in [0.15, 0.2) is 0 Å². The lowest BCUT2D eigenvalue weighted by Crippen LogP contribution is -2.58. The predicted molar refractivity (Wildman–Crippen MR) is 74.4 cm³/mol. The summed E-state index contributed by atoms with van der Waals surface area (Å²) in [5, 5.41) is 3.45. The Bertz CT molecular complexity index is 272. The van der Waals surface area contributed by atoms with Gasteiger partial charge in [-0.05, 0) is 26.7 Å². The van der Waals surface area contributed by atoms with E-state index in [1.807, 2.05) is 0 Å². The number of carbonyl (C=O) groups excluding carboxylic acids is 1. The zero-order valence-electron chi connectivity index (χ0n) is 12.0. The van der Waals surface area contributed by atoms with Crippen molar-refractivity contribution in [3.8, 4) is 0 Å². The predicted octanol–water partition coefficient (Wildman–Crippen LogP) is 2.56. The van der Waals surface area contributed by atoms with Crippen molar-refractivity contribution >= 4 is 5.91 Å². The number of hydrogen-bond donors (Lipinski definition) is 1. The van der Waals surface area contributed by atoms with Crippen molar-refractivity contribution in [3.63, 3.8) is 0 Å². The van der Waals surface area contributed by atoms with Gasteiger partial charge in [-0.2, -0.15) is 0 Å². The zero-order valence-corrected chi connectivity index (χ0v) is 12.0. The molecule has 104 valence electrons. The zero-order chi connectivity index (χ0) is 13.0. The first-order valence-corrected chi connectivity index (χ1v) is 7.74. The fourth-order valence-corrected chi connectivity index (χ4v) is 3.31. The molecule has 18 heavy (non-hydrogen) atoms. The molecule has 0 spiro atoms. The molecule has 3 nitrogen and oxygen atoms in total. The SMILES string of the molecule is CC1NCCN(C(=O)C2CCCCCCC2)C1C. The number of carbonyl (C=O) groups is 1. The highest BCUT2D eigenvalue weighted by atomic mass is 16.2. The highest BCUT2D eigenvalue weighted by molar-refractivity contribution is 5.79. The third kappa shape index (κ3) is 3.25. The Morgan fingerprint density at radius 3 is 2.33 bits per heavy atom. The van der Waals surface area contributed by atoms with Crippen molar-refractivity contribution in [2.45, 2.75) is 70.9 Å². The van der Waals surface area contributed by atoms with Gasteiger partial charge in [-0.1, -0.05) is 32.1 Å². The summed E-state index contributed by atoms with van der Waals surface area (Å²) in [6, 6.07) is 0.771. The smallest absolute Gasteiger partial charge is 0.226 e. The molecular weight excluding hydrogens is 224 g/mol. The maximum absolute atomic E-state index is 12.7. The molecule has 0 aromatic carbocycles. The summed E-state index contributed by atoms with van der Waals surface area (Å²) in [7, 11) is 0. The van der Waals surface area contributed by atoms with E-state index in [-0.39, 0.29) is 0 Å². The molecule has 1 saturated carbocycles.